The highest BCUT2D eigenvalue weighted by molar-refractivity contribution is 5.10. The van der Waals surface area contributed by atoms with Gasteiger partial charge in [0.25, 0.3) is 0 Å². The molecule has 0 N–H and O–H groups in total. The zero-order valence-electron chi connectivity index (χ0n) is 15.4. The molecule has 0 aliphatic carbocycles. The summed E-state index contributed by atoms with van der Waals surface area (Å²) in [5, 5.41) is 0. The van der Waals surface area contributed by atoms with Crippen LogP contribution in [0.2, 0.25) is 0 Å². The van der Waals surface area contributed by atoms with E-state index in [0.29, 0.717) is 6.61 Å². The molecule has 0 radical (unpaired) electrons. The normalized spacial score (nSPS) is 25.4. The van der Waals surface area contributed by atoms with Gasteiger partial charge >= 0.3 is 0 Å². The Hall–Kier alpha value is -1.80. The maximum atomic E-state index is 6.29. The Kier molecular flexibility index (Phi) is 5.31. The van der Waals surface area contributed by atoms with Crippen LogP contribution in [0.5, 0.6) is 0 Å². The van der Waals surface area contributed by atoms with Gasteiger partial charge in [0.2, 0.25) is 0 Å². The number of pyridine rings is 1. The van der Waals surface area contributed by atoms with E-state index in [1.165, 1.54) is 5.56 Å². The Morgan fingerprint density at radius 3 is 2.58 bits per heavy atom. The second kappa shape index (κ2) is 7.84. The highest BCUT2D eigenvalue weighted by Crippen LogP contribution is 2.24. The van der Waals surface area contributed by atoms with E-state index in [0.717, 1.165) is 58.3 Å². The molecule has 4 rings (SSSR count). The SMILES string of the molecule is Cn1ccnc1CN1CCO[C@]2(COCCN(Cc3ccncc3)C2)C1. The molecule has 2 saturated heterocycles. The molecule has 0 unspecified atom stereocenters. The minimum absolute atomic E-state index is 0.271. The minimum Gasteiger partial charge on any atom is -0.377 e. The van der Waals surface area contributed by atoms with Crippen molar-refractivity contribution >= 4 is 0 Å². The number of morpholine rings is 1. The third-order valence-corrected chi connectivity index (χ3v) is 5.20. The summed E-state index contributed by atoms with van der Waals surface area (Å²) in [4.78, 5) is 13.4. The fraction of sp³-hybridized carbons (Fsp3) is 0.579. The lowest BCUT2D eigenvalue weighted by Crippen LogP contribution is -2.58. The first kappa shape index (κ1) is 17.6. The number of rotatable bonds is 4. The highest BCUT2D eigenvalue weighted by Gasteiger charge is 2.40. The smallest absolute Gasteiger partial charge is 0.122 e. The Balaban J connectivity index is 1.44. The van der Waals surface area contributed by atoms with Crippen molar-refractivity contribution in [3.05, 3.63) is 48.3 Å². The van der Waals surface area contributed by atoms with Crippen molar-refractivity contribution in [2.45, 2.75) is 18.7 Å². The monoisotopic (exact) mass is 357 g/mol. The standard InChI is InChI=1S/C19H27N5O2/c1-22-7-6-21-18(22)13-24-9-11-26-19(15-24)14-23(8-10-25-16-19)12-17-2-4-20-5-3-17/h2-7H,8-16H2,1H3/t19-/m0/s1. The molecule has 2 aliphatic heterocycles. The first-order valence-electron chi connectivity index (χ1n) is 9.24. The molecule has 140 valence electrons. The van der Waals surface area contributed by atoms with Gasteiger partial charge in [0.05, 0.1) is 26.4 Å². The molecule has 0 aromatic carbocycles. The van der Waals surface area contributed by atoms with E-state index in [2.05, 4.69) is 36.5 Å². The van der Waals surface area contributed by atoms with Crippen molar-refractivity contribution < 1.29 is 9.47 Å². The van der Waals surface area contributed by atoms with Crippen LogP contribution in [0.15, 0.2) is 36.9 Å². The molecule has 2 fully saturated rings. The number of ether oxygens (including phenoxy) is 2. The zero-order valence-corrected chi connectivity index (χ0v) is 15.4. The van der Waals surface area contributed by atoms with Gasteiger partial charge in [-0.15, -0.1) is 0 Å². The molecule has 1 spiro atoms. The number of hydrogen-bond donors (Lipinski definition) is 0. The maximum absolute atomic E-state index is 6.29. The molecule has 2 aromatic heterocycles. The Morgan fingerprint density at radius 2 is 1.81 bits per heavy atom. The molecule has 4 heterocycles. The molecule has 7 heteroatoms. The molecule has 0 bridgehead atoms. The zero-order chi connectivity index (χ0) is 17.8. The van der Waals surface area contributed by atoms with Crippen molar-refractivity contribution in [1.29, 1.82) is 0 Å². The topological polar surface area (TPSA) is 55.7 Å². The lowest BCUT2D eigenvalue weighted by molar-refractivity contribution is -0.143. The molecule has 26 heavy (non-hydrogen) atoms. The summed E-state index contributed by atoms with van der Waals surface area (Å²) in [5.74, 6) is 1.09. The van der Waals surface area contributed by atoms with E-state index in [1.54, 1.807) is 0 Å². The van der Waals surface area contributed by atoms with Crippen LogP contribution in [-0.2, 0) is 29.6 Å². The van der Waals surface area contributed by atoms with E-state index in [-0.39, 0.29) is 5.60 Å². The number of hydrogen-bond acceptors (Lipinski definition) is 6. The maximum Gasteiger partial charge on any atom is 0.122 e. The van der Waals surface area contributed by atoms with Gasteiger partial charge in [-0.3, -0.25) is 14.8 Å². The molecular weight excluding hydrogens is 330 g/mol. The minimum atomic E-state index is -0.271. The fourth-order valence-electron chi connectivity index (χ4n) is 3.86. The second-order valence-electron chi connectivity index (χ2n) is 7.32. The first-order valence-corrected chi connectivity index (χ1v) is 9.24. The van der Waals surface area contributed by atoms with Crippen LogP contribution in [0.25, 0.3) is 0 Å². The van der Waals surface area contributed by atoms with Gasteiger partial charge in [-0.1, -0.05) is 0 Å². The van der Waals surface area contributed by atoms with Crippen molar-refractivity contribution in [1.82, 2.24) is 24.3 Å². The van der Waals surface area contributed by atoms with Crippen molar-refractivity contribution in [3.8, 4) is 0 Å². The van der Waals surface area contributed by atoms with Crippen LogP contribution in [0.1, 0.15) is 11.4 Å². The summed E-state index contributed by atoms with van der Waals surface area (Å²) in [6.45, 7) is 7.48. The third-order valence-electron chi connectivity index (χ3n) is 5.20. The number of aromatic nitrogens is 3. The van der Waals surface area contributed by atoms with Gasteiger partial charge in [0.15, 0.2) is 0 Å². The van der Waals surface area contributed by atoms with Gasteiger partial charge < -0.3 is 14.0 Å². The van der Waals surface area contributed by atoms with Crippen LogP contribution in [0, 0.1) is 0 Å². The summed E-state index contributed by atoms with van der Waals surface area (Å²) < 4.78 is 14.3. The number of imidazole rings is 1. The second-order valence-corrected chi connectivity index (χ2v) is 7.32. The summed E-state index contributed by atoms with van der Waals surface area (Å²) in [6.07, 6.45) is 7.56. The van der Waals surface area contributed by atoms with E-state index in [9.17, 15) is 0 Å². The van der Waals surface area contributed by atoms with E-state index >= 15 is 0 Å². The van der Waals surface area contributed by atoms with Crippen molar-refractivity contribution in [2.75, 3.05) is 46.0 Å². The first-order chi connectivity index (χ1) is 12.7. The van der Waals surface area contributed by atoms with Crippen LogP contribution in [0.3, 0.4) is 0 Å². The van der Waals surface area contributed by atoms with Gasteiger partial charge in [-0.25, -0.2) is 4.98 Å². The Bertz CT molecular complexity index is 707. The fourth-order valence-corrected chi connectivity index (χ4v) is 3.86. The molecule has 1 atom stereocenters. The number of aryl methyl sites for hydroxylation is 1. The molecule has 0 saturated carbocycles. The van der Waals surface area contributed by atoms with Gasteiger partial charge in [-0.2, -0.15) is 0 Å². The Morgan fingerprint density at radius 1 is 1.04 bits per heavy atom. The van der Waals surface area contributed by atoms with Crippen LogP contribution in [0.4, 0.5) is 0 Å². The van der Waals surface area contributed by atoms with E-state index in [4.69, 9.17) is 9.47 Å². The van der Waals surface area contributed by atoms with Crippen LogP contribution >= 0.6 is 0 Å². The Labute approximate surface area is 154 Å². The molecule has 0 amide bonds. The lowest BCUT2D eigenvalue weighted by atomic mass is 10.0. The van der Waals surface area contributed by atoms with Gasteiger partial charge in [-0.05, 0) is 17.7 Å². The molecule has 2 aromatic rings. The quantitative estimate of drug-likeness (QED) is 0.811. The molecule has 2 aliphatic rings. The number of nitrogens with zero attached hydrogens (tertiary/aromatic N) is 5. The van der Waals surface area contributed by atoms with Crippen molar-refractivity contribution in [3.63, 3.8) is 0 Å². The van der Waals surface area contributed by atoms with Crippen LogP contribution in [-0.4, -0.2) is 75.9 Å². The lowest BCUT2D eigenvalue weighted by Gasteiger charge is -2.43. The third kappa shape index (κ3) is 4.12. The molecular formula is C19H27N5O2. The predicted octanol–water partition coefficient (Wildman–Crippen LogP) is 0.919. The highest BCUT2D eigenvalue weighted by atomic mass is 16.5. The summed E-state index contributed by atoms with van der Waals surface area (Å²) in [6, 6.07) is 4.15. The summed E-state index contributed by atoms with van der Waals surface area (Å²) >= 11 is 0. The van der Waals surface area contributed by atoms with Crippen molar-refractivity contribution in [2.24, 2.45) is 7.05 Å². The molecule has 7 nitrogen and oxygen atoms in total. The largest absolute Gasteiger partial charge is 0.377 e. The van der Waals surface area contributed by atoms with Gasteiger partial charge in [0, 0.05) is 64.6 Å². The average Bonchev–Trinajstić information content (AvgIpc) is 2.94. The summed E-state index contributed by atoms with van der Waals surface area (Å²) in [7, 11) is 2.05. The van der Waals surface area contributed by atoms with Crippen LogP contribution < -0.4 is 0 Å². The van der Waals surface area contributed by atoms with E-state index in [1.807, 2.05) is 31.8 Å². The summed E-state index contributed by atoms with van der Waals surface area (Å²) in [5.41, 5.74) is 1.00. The average molecular weight is 357 g/mol. The van der Waals surface area contributed by atoms with E-state index < -0.39 is 0 Å². The predicted molar refractivity (Wildman–Crippen MR) is 97.5 cm³/mol. The van der Waals surface area contributed by atoms with Gasteiger partial charge in [0.1, 0.15) is 11.4 Å².